The van der Waals surface area contributed by atoms with Crippen LogP contribution in [0.2, 0.25) is 5.02 Å². The van der Waals surface area contributed by atoms with Crippen LogP contribution in [0.3, 0.4) is 0 Å². The van der Waals surface area contributed by atoms with Crippen LogP contribution in [0.1, 0.15) is 25.3 Å². The largest absolute Gasteiger partial charge is 0.472 e. The lowest BCUT2D eigenvalue weighted by molar-refractivity contribution is 0.0267. The molecule has 2 heterocycles. The van der Waals surface area contributed by atoms with Crippen molar-refractivity contribution in [2.75, 3.05) is 45.3 Å². The highest BCUT2D eigenvalue weighted by Gasteiger charge is 2.35. The highest BCUT2D eigenvalue weighted by atomic mass is 35.5. The Balaban J connectivity index is 1.57. The summed E-state index contributed by atoms with van der Waals surface area (Å²) in [6.07, 6.45) is 0. The van der Waals surface area contributed by atoms with Crippen molar-refractivity contribution in [1.29, 1.82) is 0 Å². The topological polar surface area (TPSA) is 101 Å². The Morgan fingerprint density at radius 3 is 2.59 bits per heavy atom. The van der Waals surface area contributed by atoms with E-state index >= 15 is 0 Å². The number of benzene rings is 2. The number of para-hydroxylation sites is 1. The highest BCUT2D eigenvalue weighted by Crippen LogP contribution is 2.35. The Morgan fingerprint density at radius 2 is 1.92 bits per heavy atom. The molecular weight excluding hydrogens is 532 g/mol. The molecular formula is C27H32ClF2N5O4. The zero-order valence-electron chi connectivity index (χ0n) is 22.0. The molecule has 3 aromatic rings. The molecule has 210 valence electrons. The Hall–Kier alpha value is -3.25. The third-order valence-electron chi connectivity index (χ3n) is 6.29. The van der Waals surface area contributed by atoms with E-state index in [1.165, 1.54) is 16.8 Å². The molecule has 0 saturated carbocycles. The van der Waals surface area contributed by atoms with Gasteiger partial charge in [-0.3, -0.25) is 10.2 Å². The van der Waals surface area contributed by atoms with Gasteiger partial charge in [0, 0.05) is 32.7 Å². The number of carbonyl (C=O) groups excluding carboxylic acids is 1. The van der Waals surface area contributed by atoms with Crippen molar-refractivity contribution in [1.82, 2.24) is 20.0 Å². The Morgan fingerprint density at radius 1 is 1.18 bits per heavy atom. The van der Waals surface area contributed by atoms with Crippen LogP contribution in [-0.2, 0) is 4.74 Å². The maximum absolute atomic E-state index is 14.0. The molecule has 1 aliphatic rings. The molecule has 2 amide bonds. The molecule has 0 unspecified atom stereocenters. The van der Waals surface area contributed by atoms with E-state index in [-0.39, 0.29) is 29.2 Å². The van der Waals surface area contributed by atoms with Gasteiger partial charge in [-0.25, -0.2) is 18.3 Å². The molecule has 4 rings (SSSR count). The molecule has 0 bridgehead atoms. The number of anilines is 1. The fourth-order valence-corrected chi connectivity index (χ4v) is 4.63. The molecule has 9 nitrogen and oxygen atoms in total. The number of nitrogens with one attached hydrogen (secondary N) is 2. The van der Waals surface area contributed by atoms with Crippen LogP contribution < -0.4 is 15.4 Å². The van der Waals surface area contributed by atoms with E-state index in [4.69, 9.17) is 21.1 Å². The van der Waals surface area contributed by atoms with Crippen molar-refractivity contribution in [2.24, 2.45) is 0 Å². The molecule has 1 aliphatic heterocycles. The summed E-state index contributed by atoms with van der Waals surface area (Å²) in [5.74, 6) is -1.94. The van der Waals surface area contributed by atoms with Crippen molar-refractivity contribution >= 4 is 23.4 Å². The maximum Gasteiger partial charge on any atom is 0.320 e. The normalized spacial score (nSPS) is 17.8. The number of aliphatic hydroxyl groups is 1. The van der Waals surface area contributed by atoms with E-state index in [2.05, 4.69) is 20.6 Å². The third kappa shape index (κ3) is 7.24. The number of rotatable bonds is 10. The second kappa shape index (κ2) is 12.3. The van der Waals surface area contributed by atoms with Gasteiger partial charge < -0.3 is 19.9 Å². The zero-order chi connectivity index (χ0) is 28.2. The number of amides is 2. The fraction of sp³-hybridized carbons (Fsp3) is 0.407. The molecule has 39 heavy (non-hydrogen) atoms. The predicted molar refractivity (Wildman–Crippen MR) is 144 cm³/mol. The van der Waals surface area contributed by atoms with Crippen molar-refractivity contribution in [3.8, 4) is 11.6 Å². The van der Waals surface area contributed by atoms with Crippen LogP contribution in [0.5, 0.6) is 5.88 Å². The van der Waals surface area contributed by atoms with Crippen LogP contribution in [0.15, 0.2) is 48.5 Å². The number of nitrogens with zero attached hydrogens (tertiary/aromatic N) is 3. The van der Waals surface area contributed by atoms with Gasteiger partial charge in [0.25, 0.3) is 5.88 Å². The lowest BCUT2D eigenvalue weighted by Gasteiger charge is -2.21. The molecule has 1 aromatic heterocycles. The van der Waals surface area contributed by atoms with Crippen molar-refractivity contribution in [3.63, 3.8) is 0 Å². The summed E-state index contributed by atoms with van der Waals surface area (Å²) in [5, 5.41) is 20.2. The van der Waals surface area contributed by atoms with Gasteiger partial charge in [0.05, 0.1) is 23.9 Å². The Labute approximate surface area is 230 Å². The van der Waals surface area contributed by atoms with E-state index in [0.717, 1.165) is 6.07 Å². The smallest absolute Gasteiger partial charge is 0.320 e. The molecule has 0 spiro atoms. The number of urea groups is 1. The summed E-state index contributed by atoms with van der Waals surface area (Å²) in [6.45, 7) is 5.21. The van der Waals surface area contributed by atoms with Gasteiger partial charge >= 0.3 is 6.03 Å². The number of ether oxygens (including phenoxy) is 2. The minimum Gasteiger partial charge on any atom is -0.472 e. The first-order chi connectivity index (χ1) is 18.6. The number of carbonyl (C=O) groups is 1. The third-order valence-corrected chi connectivity index (χ3v) is 6.63. The van der Waals surface area contributed by atoms with Gasteiger partial charge in [-0.05, 0) is 43.7 Å². The Bertz CT molecular complexity index is 1290. The van der Waals surface area contributed by atoms with Gasteiger partial charge in [0.1, 0.15) is 11.6 Å². The fourth-order valence-electron chi connectivity index (χ4n) is 4.41. The van der Waals surface area contributed by atoms with Gasteiger partial charge in [0.2, 0.25) is 0 Å². The number of hydrogen-bond acceptors (Lipinski definition) is 6. The van der Waals surface area contributed by atoms with Crippen LogP contribution in [0.25, 0.3) is 5.69 Å². The summed E-state index contributed by atoms with van der Waals surface area (Å²) >= 11 is 6.57. The van der Waals surface area contributed by atoms with Gasteiger partial charge in [-0.2, -0.15) is 0 Å². The first kappa shape index (κ1) is 28.8. The molecule has 3 N–H and O–H groups in total. The molecule has 2 atom stereocenters. The van der Waals surface area contributed by atoms with Gasteiger partial charge in [0.15, 0.2) is 17.5 Å². The zero-order valence-corrected chi connectivity index (χ0v) is 22.7. The maximum atomic E-state index is 14.0. The first-order valence-corrected chi connectivity index (χ1v) is 12.9. The number of aromatic nitrogens is 2. The van der Waals surface area contributed by atoms with Crippen molar-refractivity contribution < 1.29 is 28.2 Å². The van der Waals surface area contributed by atoms with E-state index in [0.29, 0.717) is 37.5 Å². The minimum absolute atomic E-state index is 0.0456. The first-order valence-electron chi connectivity index (χ1n) is 12.5. The standard InChI is InChI=1S/C27H32ClF2N5O4/c1-27(2,37)16-39-25-23(28)24(35(33-25)18-7-5-4-6-8-18)32-26(36)31-22-15-34(11-12-38-3)14-19(22)17-9-10-20(29)21(30)13-17/h4-10,13,19,22,37H,11-12,14-16H2,1-3H3,(H2,31,32,36)/t19-,22+/m0/s1. The summed E-state index contributed by atoms with van der Waals surface area (Å²) < 4.78 is 39.9. The number of methoxy groups -OCH3 is 1. The molecule has 0 radical (unpaired) electrons. The van der Waals surface area contributed by atoms with E-state index in [9.17, 15) is 18.7 Å². The number of halogens is 3. The molecule has 2 aromatic carbocycles. The minimum atomic E-state index is -1.13. The van der Waals surface area contributed by atoms with Crippen LogP contribution in [0.4, 0.5) is 19.4 Å². The second-order valence-electron chi connectivity index (χ2n) is 10.1. The molecule has 0 aliphatic carbocycles. The van der Waals surface area contributed by atoms with Crippen LogP contribution >= 0.6 is 11.6 Å². The quantitative estimate of drug-likeness (QED) is 0.342. The molecule has 12 heteroatoms. The van der Waals surface area contributed by atoms with Gasteiger partial charge in [-0.15, -0.1) is 5.10 Å². The van der Waals surface area contributed by atoms with Crippen molar-refractivity contribution in [3.05, 3.63) is 70.8 Å². The lowest BCUT2D eigenvalue weighted by atomic mass is 9.94. The van der Waals surface area contributed by atoms with Crippen LogP contribution in [0, 0.1) is 11.6 Å². The van der Waals surface area contributed by atoms with E-state index in [1.54, 1.807) is 33.1 Å². The molecule has 1 fully saturated rings. The SMILES string of the molecule is COCCN1C[C@@H](NC(=O)Nc2c(Cl)c(OCC(C)(C)O)nn2-c2ccccc2)[C@H](c2ccc(F)c(F)c2)C1. The van der Waals surface area contributed by atoms with Crippen LogP contribution in [-0.4, -0.2) is 77.4 Å². The highest BCUT2D eigenvalue weighted by molar-refractivity contribution is 6.34. The second-order valence-corrected chi connectivity index (χ2v) is 10.4. The average Bonchev–Trinajstić information content (AvgIpc) is 3.43. The van der Waals surface area contributed by atoms with Crippen molar-refractivity contribution in [2.45, 2.75) is 31.4 Å². The summed E-state index contributed by atoms with van der Waals surface area (Å²) in [5.41, 5.74) is 0.0736. The summed E-state index contributed by atoms with van der Waals surface area (Å²) in [6, 6.07) is 11.9. The van der Waals surface area contributed by atoms with E-state index < -0.39 is 29.3 Å². The molecule has 1 saturated heterocycles. The number of hydrogen-bond donors (Lipinski definition) is 3. The number of likely N-dealkylation sites (tertiary alicyclic amines) is 1. The lowest BCUT2D eigenvalue weighted by Crippen LogP contribution is -2.42. The average molecular weight is 564 g/mol. The Kier molecular flexibility index (Phi) is 9.06. The summed E-state index contributed by atoms with van der Waals surface area (Å²) in [4.78, 5) is 15.4. The summed E-state index contributed by atoms with van der Waals surface area (Å²) in [7, 11) is 1.60. The predicted octanol–water partition coefficient (Wildman–Crippen LogP) is 4.19. The monoisotopic (exact) mass is 563 g/mol. The van der Waals surface area contributed by atoms with E-state index in [1.807, 2.05) is 18.2 Å². The van der Waals surface area contributed by atoms with Gasteiger partial charge in [-0.1, -0.05) is 35.9 Å².